The molecule has 1 aromatic heterocycles. The van der Waals surface area contributed by atoms with Gasteiger partial charge in [0.05, 0.1) is 0 Å². The molecule has 0 unspecified atom stereocenters. The second-order valence-corrected chi connectivity index (χ2v) is 6.43. The molecule has 0 fully saturated rings. The summed E-state index contributed by atoms with van der Waals surface area (Å²) in [5.41, 5.74) is 6.15. The highest BCUT2D eigenvalue weighted by atomic mass is 19.1. The maximum atomic E-state index is 12.9. The molecule has 0 aliphatic heterocycles. The van der Waals surface area contributed by atoms with E-state index in [0.29, 0.717) is 17.1 Å². The normalized spacial score (nSPS) is 11.4. The van der Waals surface area contributed by atoms with Gasteiger partial charge in [-0.2, -0.15) is 0 Å². The number of hydrogen-bond donors (Lipinski definition) is 1. The summed E-state index contributed by atoms with van der Waals surface area (Å²) in [7, 11) is 0. The van der Waals surface area contributed by atoms with Crippen molar-refractivity contribution in [3.63, 3.8) is 0 Å². The van der Waals surface area contributed by atoms with Crippen molar-refractivity contribution in [2.24, 2.45) is 10.9 Å². The molecule has 0 aliphatic carbocycles. The number of furan rings is 1. The van der Waals surface area contributed by atoms with Crippen molar-refractivity contribution >= 4 is 22.6 Å². The van der Waals surface area contributed by atoms with E-state index in [4.69, 9.17) is 19.7 Å². The molecule has 3 aromatic carbocycles. The largest absolute Gasteiger partial charge is 0.486 e. The fraction of sp³-hybridized carbons (Fsp3) is 0.0435. The molecule has 2 N–H and O–H groups in total. The van der Waals surface area contributed by atoms with Crippen LogP contribution in [0.2, 0.25) is 0 Å². The van der Waals surface area contributed by atoms with Crippen LogP contribution in [0.25, 0.3) is 10.8 Å². The summed E-state index contributed by atoms with van der Waals surface area (Å²) >= 11 is 0. The van der Waals surface area contributed by atoms with Gasteiger partial charge >= 0.3 is 5.97 Å². The van der Waals surface area contributed by atoms with E-state index in [0.717, 1.165) is 10.8 Å². The summed E-state index contributed by atoms with van der Waals surface area (Å²) in [6, 6.07) is 22.1. The van der Waals surface area contributed by atoms with Gasteiger partial charge in [0.15, 0.2) is 5.84 Å². The molecule has 4 rings (SSSR count). The first-order chi connectivity index (χ1) is 14.6. The van der Waals surface area contributed by atoms with E-state index in [2.05, 4.69) is 5.16 Å². The minimum absolute atomic E-state index is 0.0391. The average Bonchev–Trinajstić information content (AvgIpc) is 3.25. The van der Waals surface area contributed by atoms with Crippen LogP contribution in [0.4, 0.5) is 4.39 Å². The zero-order valence-corrected chi connectivity index (χ0v) is 15.7. The van der Waals surface area contributed by atoms with Crippen molar-refractivity contribution in [1.82, 2.24) is 0 Å². The third kappa shape index (κ3) is 4.47. The van der Waals surface area contributed by atoms with Crippen molar-refractivity contribution in [3.05, 3.63) is 102 Å². The van der Waals surface area contributed by atoms with Gasteiger partial charge in [-0.1, -0.05) is 35.5 Å². The zero-order valence-electron chi connectivity index (χ0n) is 15.7. The molecule has 1 heterocycles. The molecule has 0 saturated carbocycles. The second kappa shape index (κ2) is 8.48. The Hall–Kier alpha value is -4.13. The number of hydrogen-bond acceptors (Lipinski definition) is 5. The molecule has 0 atom stereocenters. The molecule has 0 bridgehead atoms. The Labute approximate surface area is 171 Å². The highest BCUT2D eigenvalue weighted by Crippen LogP contribution is 2.22. The third-order valence-electron chi connectivity index (χ3n) is 4.33. The zero-order chi connectivity index (χ0) is 20.9. The van der Waals surface area contributed by atoms with Crippen LogP contribution in [0.3, 0.4) is 0 Å². The Morgan fingerprint density at radius 3 is 2.53 bits per heavy atom. The van der Waals surface area contributed by atoms with Crippen LogP contribution in [0.15, 0.2) is 88.4 Å². The van der Waals surface area contributed by atoms with Gasteiger partial charge in [-0.05, 0) is 59.3 Å². The number of halogens is 1. The Morgan fingerprint density at radius 2 is 1.73 bits per heavy atom. The Morgan fingerprint density at radius 1 is 0.967 bits per heavy atom. The van der Waals surface area contributed by atoms with Crippen molar-refractivity contribution in [2.45, 2.75) is 6.61 Å². The highest BCUT2D eigenvalue weighted by molar-refractivity contribution is 5.97. The van der Waals surface area contributed by atoms with E-state index in [1.54, 1.807) is 6.07 Å². The van der Waals surface area contributed by atoms with Gasteiger partial charge in [0, 0.05) is 5.56 Å². The monoisotopic (exact) mass is 404 g/mol. The fourth-order valence-electron chi connectivity index (χ4n) is 2.79. The van der Waals surface area contributed by atoms with Crippen LogP contribution in [0.5, 0.6) is 5.75 Å². The number of carbonyl (C=O) groups is 1. The smallest absolute Gasteiger partial charge is 0.400 e. The van der Waals surface area contributed by atoms with Gasteiger partial charge in [-0.25, -0.2) is 9.18 Å². The number of nitrogens with zero attached hydrogens (tertiary/aromatic N) is 1. The molecule has 0 radical (unpaired) electrons. The summed E-state index contributed by atoms with van der Waals surface area (Å²) in [4.78, 5) is 16.9. The molecule has 7 heteroatoms. The van der Waals surface area contributed by atoms with Crippen LogP contribution in [-0.2, 0) is 11.4 Å². The lowest BCUT2D eigenvalue weighted by Gasteiger charge is -2.05. The molecule has 30 heavy (non-hydrogen) atoms. The van der Waals surface area contributed by atoms with Gasteiger partial charge in [0.1, 0.15) is 23.9 Å². The first-order valence-electron chi connectivity index (χ1n) is 9.09. The number of carbonyl (C=O) groups excluding carboxylic acids is 1. The van der Waals surface area contributed by atoms with Gasteiger partial charge in [-0.15, -0.1) is 0 Å². The lowest BCUT2D eigenvalue weighted by molar-refractivity contribution is 0.0475. The predicted octanol–water partition coefficient (Wildman–Crippen LogP) is 4.63. The van der Waals surface area contributed by atoms with E-state index < -0.39 is 11.8 Å². The number of ether oxygens (including phenoxy) is 1. The van der Waals surface area contributed by atoms with E-state index in [9.17, 15) is 9.18 Å². The standard InChI is InChI=1S/C23H17FN2O4/c24-18-8-5-16(6-9-18)22(25)26-30-23(27)21-12-11-20(29-21)14-28-19-10-7-15-3-1-2-4-17(15)13-19/h1-13H,14H2,(H2,25,26). The van der Waals surface area contributed by atoms with Crippen LogP contribution in [0.1, 0.15) is 21.9 Å². The number of oxime groups is 1. The maximum absolute atomic E-state index is 12.9. The predicted molar refractivity (Wildman–Crippen MR) is 110 cm³/mol. The van der Waals surface area contributed by atoms with E-state index in [-0.39, 0.29) is 18.2 Å². The minimum Gasteiger partial charge on any atom is -0.486 e. The van der Waals surface area contributed by atoms with Crippen LogP contribution >= 0.6 is 0 Å². The molecular weight excluding hydrogens is 387 g/mol. The molecule has 6 nitrogen and oxygen atoms in total. The average molecular weight is 404 g/mol. The van der Waals surface area contributed by atoms with Gasteiger partial charge in [-0.3, -0.25) is 0 Å². The Balaban J connectivity index is 1.36. The number of nitrogens with two attached hydrogens (primary N) is 1. The van der Waals surface area contributed by atoms with Gasteiger partial charge < -0.3 is 19.7 Å². The molecule has 0 spiro atoms. The van der Waals surface area contributed by atoms with Gasteiger partial charge in [0.2, 0.25) is 5.76 Å². The Bertz CT molecular complexity index is 1220. The third-order valence-corrected chi connectivity index (χ3v) is 4.33. The molecule has 4 aromatic rings. The summed E-state index contributed by atoms with van der Waals surface area (Å²) in [6.07, 6.45) is 0. The van der Waals surface area contributed by atoms with Crippen LogP contribution in [-0.4, -0.2) is 11.8 Å². The molecule has 150 valence electrons. The second-order valence-electron chi connectivity index (χ2n) is 6.43. The Kier molecular flexibility index (Phi) is 5.43. The van der Waals surface area contributed by atoms with Crippen molar-refractivity contribution in [2.75, 3.05) is 0 Å². The molecule has 0 aliphatic rings. The van der Waals surface area contributed by atoms with Crippen molar-refractivity contribution in [1.29, 1.82) is 0 Å². The van der Waals surface area contributed by atoms with E-state index in [1.165, 1.54) is 30.3 Å². The highest BCUT2D eigenvalue weighted by Gasteiger charge is 2.14. The summed E-state index contributed by atoms with van der Waals surface area (Å²) < 4.78 is 24.1. The topological polar surface area (TPSA) is 87.1 Å². The number of amidine groups is 1. The summed E-state index contributed by atoms with van der Waals surface area (Å²) in [6.45, 7) is 0.145. The van der Waals surface area contributed by atoms with Crippen molar-refractivity contribution in [3.8, 4) is 5.75 Å². The summed E-state index contributed by atoms with van der Waals surface area (Å²) in [5.74, 6) is -0.177. The lowest BCUT2D eigenvalue weighted by atomic mass is 10.1. The number of benzene rings is 3. The first kappa shape index (κ1) is 19.2. The number of rotatable bonds is 6. The first-order valence-corrected chi connectivity index (χ1v) is 9.09. The van der Waals surface area contributed by atoms with E-state index in [1.807, 2.05) is 42.5 Å². The maximum Gasteiger partial charge on any atom is 0.400 e. The molecule has 0 amide bonds. The van der Waals surface area contributed by atoms with Crippen LogP contribution in [0, 0.1) is 5.82 Å². The number of fused-ring (bicyclic) bond motifs is 1. The SMILES string of the molecule is N/C(=N\OC(=O)c1ccc(COc2ccc3ccccc3c2)o1)c1ccc(F)cc1. The molecule has 0 saturated heterocycles. The van der Waals surface area contributed by atoms with Gasteiger partial charge in [0.25, 0.3) is 0 Å². The van der Waals surface area contributed by atoms with Crippen LogP contribution < -0.4 is 10.5 Å². The fourth-order valence-corrected chi connectivity index (χ4v) is 2.79. The summed E-state index contributed by atoms with van der Waals surface area (Å²) in [5, 5.41) is 5.75. The molecular formula is C23H17FN2O4. The quantitative estimate of drug-likeness (QED) is 0.219. The van der Waals surface area contributed by atoms with Crippen molar-refractivity contribution < 1.29 is 23.2 Å². The van der Waals surface area contributed by atoms with E-state index >= 15 is 0 Å². The minimum atomic E-state index is -0.808. The lowest BCUT2D eigenvalue weighted by Crippen LogP contribution is -2.15.